The topological polar surface area (TPSA) is 17.1 Å². The van der Waals surface area contributed by atoms with Crippen LogP contribution in [0.1, 0.15) is 11.8 Å². The summed E-state index contributed by atoms with van der Waals surface area (Å²) >= 11 is 3.15. The molecule has 0 unspecified atom stereocenters. The zero-order chi connectivity index (χ0) is 12.1. The largest absolute Gasteiger partial charge is 0.294 e. The van der Waals surface area contributed by atoms with Gasteiger partial charge in [-0.05, 0) is 36.6 Å². The molecule has 1 heterocycles. The van der Waals surface area contributed by atoms with Gasteiger partial charge in [-0.25, -0.2) is 0 Å². The summed E-state index contributed by atoms with van der Waals surface area (Å²) < 4.78 is 0. The van der Waals surface area contributed by atoms with Crippen molar-refractivity contribution in [1.29, 1.82) is 0 Å². The first-order valence-electron chi connectivity index (χ1n) is 5.25. The second-order valence-corrected chi connectivity index (χ2v) is 5.59. The zero-order valence-electron chi connectivity index (χ0n) is 9.42. The average molecular weight is 260 g/mol. The van der Waals surface area contributed by atoms with Crippen LogP contribution in [-0.2, 0) is 4.79 Å². The van der Waals surface area contributed by atoms with Crippen molar-refractivity contribution in [2.75, 3.05) is 0 Å². The Morgan fingerprint density at radius 2 is 1.94 bits per heavy atom. The number of hydrogen-bond donors (Lipinski definition) is 0. The van der Waals surface area contributed by atoms with E-state index in [4.69, 9.17) is 0 Å². The highest BCUT2D eigenvalue weighted by atomic mass is 32.2. The summed E-state index contributed by atoms with van der Waals surface area (Å²) in [5.41, 5.74) is 0. The van der Waals surface area contributed by atoms with E-state index in [1.165, 1.54) is 11.8 Å². The lowest BCUT2D eigenvalue weighted by molar-refractivity contribution is -0.112. The van der Waals surface area contributed by atoms with Gasteiger partial charge in [-0.1, -0.05) is 36.0 Å². The number of ketones is 1. The van der Waals surface area contributed by atoms with E-state index in [9.17, 15) is 4.79 Å². The summed E-state index contributed by atoms with van der Waals surface area (Å²) in [5.74, 6) is 0.104. The predicted octanol–water partition coefficient (Wildman–Crippen LogP) is 4.47. The van der Waals surface area contributed by atoms with Gasteiger partial charge in [-0.3, -0.25) is 4.79 Å². The molecule has 0 radical (unpaired) electrons. The maximum Gasteiger partial charge on any atom is 0.166 e. The number of Topliss-reactive ketones (excluding diaryl/α,β-unsaturated/α-hetero) is 1. The molecular weight excluding hydrogens is 248 g/mol. The Labute approximate surface area is 109 Å². The number of carbonyl (C=O) groups excluding carboxylic acids is 1. The second kappa shape index (κ2) is 5.84. The van der Waals surface area contributed by atoms with Crippen molar-refractivity contribution in [3.05, 3.63) is 57.6 Å². The Kier molecular flexibility index (Phi) is 4.18. The van der Waals surface area contributed by atoms with Crippen LogP contribution >= 0.6 is 23.1 Å². The van der Waals surface area contributed by atoms with Gasteiger partial charge in [0.05, 0.1) is 4.91 Å². The van der Waals surface area contributed by atoms with Crippen molar-refractivity contribution < 1.29 is 4.79 Å². The van der Waals surface area contributed by atoms with Gasteiger partial charge in [-0.2, -0.15) is 0 Å². The number of hydrogen-bond acceptors (Lipinski definition) is 3. The van der Waals surface area contributed by atoms with Gasteiger partial charge in [0, 0.05) is 9.77 Å². The van der Waals surface area contributed by atoms with Crippen LogP contribution in [0.25, 0.3) is 6.08 Å². The number of thiophene rings is 1. The predicted molar refractivity (Wildman–Crippen MR) is 75.3 cm³/mol. The van der Waals surface area contributed by atoms with E-state index in [1.54, 1.807) is 18.3 Å². The quantitative estimate of drug-likeness (QED) is 0.596. The first-order chi connectivity index (χ1) is 8.25. The molecule has 2 rings (SSSR count). The molecule has 86 valence electrons. The van der Waals surface area contributed by atoms with E-state index >= 15 is 0 Å². The lowest BCUT2D eigenvalue weighted by Gasteiger charge is -2.02. The third-order valence-corrected chi connectivity index (χ3v) is 4.09. The van der Waals surface area contributed by atoms with Crippen LogP contribution in [-0.4, -0.2) is 5.78 Å². The molecule has 1 nitrogen and oxygen atoms in total. The van der Waals surface area contributed by atoms with E-state index in [1.807, 2.05) is 53.9 Å². The van der Waals surface area contributed by atoms with Crippen LogP contribution in [0.2, 0.25) is 0 Å². The van der Waals surface area contributed by atoms with Crippen LogP contribution in [0.4, 0.5) is 0 Å². The normalized spacial score (nSPS) is 11.5. The molecule has 0 fully saturated rings. The number of carbonyl (C=O) groups is 1. The molecule has 0 atom stereocenters. The Bertz CT molecular complexity index is 512. The smallest absolute Gasteiger partial charge is 0.166 e. The van der Waals surface area contributed by atoms with Gasteiger partial charge in [0.2, 0.25) is 0 Å². The molecule has 0 aliphatic carbocycles. The number of rotatable bonds is 4. The minimum Gasteiger partial charge on any atom is -0.294 e. The molecule has 0 aliphatic heterocycles. The van der Waals surface area contributed by atoms with Gasteiger partial charge >= 0.3 is 0 Å². The standard InChI is InChI=1S/C14H12OS2/c1-11(15)14(10-13-8-5-9-16-13)17-12-6-3-2-4-7-12/h2-10H,1H3/b14-10-. The Morgan fingerprint density at radius 1 is 1.18 bits per heavy atom. The summed E-state index contributed by atoms with van der Waals surface area (Å²) in [6.07, 6.45) is 1.95. The van der Waals surface area contributed by atoms with Gasteiger partial charge < -0.3 is 0 Å². The first-order valence-corrected chi connectivity index (χ1v) is 6.94. The highest BCUT2D eigenvalue weighted by Gasteiger charge is 2.06. The van der Waals surface area contributed by atoms with Crippen LogP contribution in [0.3, 0.4) is 0 Å². The summed E-state index contributed by atoms with van der Waals surface area (Å²) in [6.45, 7) is 1.61. The Morgan fingerprint density at radius 3 is 2.53 bits per heavy atom. The Balaban J connectivity index is 2.22. The fraction of sp³-hybridized carbons (Fsp3) is 0.0714. The third-order valence-electron chi connectivity index (χ3n) is 2.13. The minimum atomic E-state index is 0.104. The average Bonchev–Trinajstić information content (AvgIpc) is 2.82. The lowest BCUT2D eigenvalue weighted by Crippen LogP contribution is -1.91. The number of thioether (sulfide) groups is 1. The summed E-state index contributed by atoms with van der Waals surface area (Å²) in [7, 11) is 0. The molecule has 17 heavy (non-hydrogen) atoms. The molecule has 0 saturated heterocycles. The van der Waals surface area contributed by atoms with Crippen molar-refractivity contribution in [3.8, 4) is 0 Å². The van der Waals surface area contributed by atoms with E-state index in [0.29, 0.717) is 0 Å². The van der Waals surface area contributed by atoms with Crippen LogP contribution < -0.4 is 0 Å². The second-order valence-electron chi connectivity index (χ2n) is 3.50. The summed E-state index contributed by atoms with van der Waals surface area (Å²) in [6, 6.07) is 13.9. The molecule has 0 saturated carbocycles. The maximum atomic E-state index is 11.6. The first kappa shape index (κ1) is 12.1. The molecule has 1 aromatic heterocycles. The zero-order valence-corrected chi connectivity index (χ0v) is 11.1. The van der Waals surface area contributed by atoms with Crippen LogP contribution in [0, 0.1) is 0 Å². The van der Waals surface area contributed by atoms with Gasteiger partial charge in [-0.15, -0.1) is 11.3 Å². The Hall–Kier alpha value is -1.32. The minimum absolute atomic E-state index is 0.104. The van der Waals surface area contributed by atoms with E-state index in [2.05, 4.69) is 0 Å². The highest BCUT2D eigenvalue weighted by Crippen LogP contribution is 2.29. The van der Waals surface area contributed by atoms with Gasteiger partial charge in [0.15, 0.2) is 5.78 Å². The third kappa shape index (κ3) is 3.58. The van der Waals surface area contributed by atoms with Gasteiger partial charge in [0.25, 0.3) is 0 Å². The van der Waals surface area contributed by atoms with Crippen molar-refractivity contribution in [2.45, 2.75) is 11.8 Å². The molecule has 1 aromatic carbocycles. The highest BCUT2D eigenvalue weighted by molar-refractivity contribution is 8.04. The number of benzene rings is 1. The molecule has 3 heteroatoms. The fourth-order valence-electron chi connectivity index (χ4n) is 1.32. The molecule has 0 amide bonds. The van der Waals surface area contributed by atoms with Crippen LogP contribution in [0.5, 0.6) is 0 Å². The molecule has 0 bridgehead atoms. The van der Waals surface area contributed by atoms with E-state index in [-0.39, 0.29) is 5.78 Å². The summed E-state index contributed by atoms with van der Waals surface area (Å²) in [4.78, 5) is 14.6. The van der Waals surface area contributed by atoms with Gasteiger partial charge in [0.1, 0.15) is 0 Å². The molecule has 2 aromatic rings. The maximum absolute atomic E-state index is 11.6. The SMILES string of the molecule is CC(=O)/C(=C/c1cccs1)Sc1ccccc1. The van der Waals surface area contributed by atoms with Crippen LogP contribution in [0.15, 0.2) is 57.6 Å². The number of allylic oxidation sites excluding steroid dienone is 1. The van der Waals surface area contributed by atoms with Crippen molar-refractivity contribution in [2.24, 2.45) is 0 Å². The molecule has 0 aliphatic rings. The van der Waals surface area contributed by atoms with E-state index < -0.39 is 0 Å². The fourth-order valence-corrected chi connectivity index (χ4v) is 2.93. The van der Waals surface area contributed by atoms with Crippen molar-refractivity contribution in [1.82, 2.24) is 0 Å². The molecular formula is C14H12OS2. The van der Waals surface area contributed by atoms with Crippen molar-refractivity contribution in [3.63, 3.8) is 0 Å². The molecule has 0 N–H and O–H groups in total. The summed E-state index contributed by atoms with van der Waals surface area (Å²) in [5, 5.41) is 2.01. The molecule has 0 spiro atoms. The van der Waals surface area contributed by atoms with Crippen molar-refractivity contribution >= 4 is 35.0 Å². The van der Waals surface area contributed by atoms with E-state index in [0.717, 1.165) is 14.7 Å². The lowest BCUT2D eigenvalue weighted by atomic mass is 10.3. The monoisotopic (exact) mass is 260 g/mol.